The third-order valence-electron chi connectivity index (χ3n) is 3.28. The first kappa shape index (κ1) is 15.3. The summed E-state index contributed by atoms with van der Waals surface area (Å²) in [7, 11) is 1.62. The van der Waals surface area contributed by atoms with Crippen LogP contribution >= 0.6 is 15.9 Å². The first-order valence-electron chi connectivity index (χ1n) is 6.57. The van der Waals surface area contributed by atoms with Crippen molar-refractivity contribution >= 4 is 21.8 Å². The Kier molecular flexibility index (Phi) is 5.39. The van der Waals surface area contributed by atoms with Crippen LogP contribution in [0, 0.1) is 0 Å². The van der Waals surface area contributed by atoms with Crippen LogP contribution in [0.4, 0.5) is 0 Å². The molecule has 20 heavy (non-hydrogen) atoms. The quantitative estimate of drug-likeness (QED) is 0.869. The lowest BCUT2D eigenvalue weighted by Crippen LogP contribution is -2.55. The largest absolute Gasteiger partial charge is 0.496 e. The van der Waals surface area contributed by atoms with Crippen molar-refractivity contribution < 1.29 is 14.3 Å². The predicted octanol–water partition coefficient (Wildman–Crippen LogP) is 1.45. The second-order valence-electron chi connectivity index (χ2n) is 4.69. The van der Waals surface area contributed by atoms with Crippen LogP contribution in [0.25, 0.3) is 0 Å². The van der Waals surface area contributed by atoms with Gasteiger partial charge < -0.3 is 20.1 Å². The van der Waals surface area contributed by atoms with Gasteiger partial charge in [-0.15, -0.1) is 0 Å². The molecule has 1 saturated heterocycles. The average Bonchev–Trinajstić information content (AvgIpc) is 2.45. The topological polar surface area (TPSA) is 59.6 Å². The van der Waals surface area contributed by atoms with Crippen molar-refractivity contribution in [2.24, 2.45) is 0 Å². The van der Waals surface area contributed by atoms with Crippen molar-refractivity contribution in [1.29, 1.82) is 0 Å². The lowest BCUT2D eigenvalue weighted by molar-refractivity contribution is -0.129. The van der Waals surface area contributed by atoms with Crippen LogP contribution in [-0.4, -0.2) is 38.3 Å². The molecular weight excluding hydrogens is 324 g/mol. The van der Waals surface area contributed by atoms with E-state index in [4.69, 9.17) is 9.47 Å². The summed E-state index contributed by atoms with van der Waals surface area (Å²) in [5.74, 6) is 0.736. The molecule has 1 aromatic rings. The zero-order valence-corrected chi connectivity index (χ0v) is 13.2. The molecule has 0 bridgehead atoms. The van der Waals surface area contributed by atoms with E-state index >= 15 is 0 Å². The average molecular weight is 343 g/mol. The SMILES string of the molecule is COc1ccc(CNC(=O)[C@H]2NCCO[C@@H]2C)cc1Br. The number of halogens is 1. The maximum absolute atomic E-state index is 12.1. The number of hydrogen-bond acceptors (Lipinski definition) is 4. The molecule has 1 aromatic carbocycles. The monoisotopic (exact) mass is 342 g/mol. The standard InChI is InChI=1S/C14H19BrN2O3/c1-9-13(16-5-6-20-9)14(18)17-8-10-3-4-12(19-2)11(15)7-10/h3-4,7,9,13,16H,5-6,8H2,1-2H3,(H,17,18)/t9-,13+/m1/s1. The van der Waals surface area contributed by atoms with Crippen molar-refractivity contribution in [2.75, 3.05) is 20.3 Å². The zero-order chi connectivity index (χ0) is 14.5. The number of benzene rings is 1. The van der Waals surface area contributed by atoms with Gasteiger partial charge in [0.05, 0.1) is 24.3 Å². The highest BCUT2D eigenvalue weighted by atomic mass is 79.9. The summed E-state index contributed by atoms with van der Waals surface area (Å²) < 4.78 is 11.5. The number of rotatable bonds is 4. The van der Waals surface area contributed by atoms with E-state index in [9.17, 15) is 4.79 Å². The number of carbonyl (C=O) groups excluding carboxylic acids is 1. The second kappa shape index (κ2) is 7.06. The molecule has 2 rings (SSSR count). The summed E-state index contributed by atoms with van der Waals surface area (Å²) in [4.78, 5) is 12.1. The Morgan fingerprint density at radius 3 is 3.05 bits per heavy atom. The molecule has 110 valence electrons. The van der Waals surface area contributed by atoms with E-state index in [0.717, 1.165) is 15.8 Å². The van der Waals surface area contributed by atoms with Gasteiger partial charge in [0.15, 0.2) is 0 Å². The van der Waals surface area contributed by atoms with Gasteiger partial charge in [0.25, 0.3) is 0 Å². The maximum atomic E-state index is 12.1. The lowest BCUT2D eigenvalue weighted by Gasteiger charge is -2.29. The smallest absolute Gasteiger partial charge is 0.240 e. The summed E-state index contributed by atoms with van der Waals surface area (Å²) in [5.41, 5.74) is 1.01. The van der Waals surface area contributed by atoms with Crippen LogP contribution in [0.2, 0.25) is 0 Å². The van der Waals surface area contributed by atoms with Crippen LogP contribution in [0.5, 0.6) is 5.75 Å². The Morgan fingerprint density at radius 1 is 1.60 bits per heavy atom. The van der Waals surface area contributed by atoms with Crippen LogP contribution in [0.3, 0.4) is 0 Å². The van der Waals surface area contributed by atoms with Crippen molar-refractivity contribution in [1.82, 2.24) is 10.6 Å². The molecule has 5 nitrogen and oxygen atoms in total. The minimum atomic E-state index is -0.287. The van der Waals surface area contributed by atoms with Crippen molar-refractivity contribution in [3.63, 3.8) is 0 Å². The van der Waals surface area contributed by atoms with Gasteiger partial charge in [0.2, 0.25) is 5.91 Å². The van der Waals surface area contributed by atoms with Crippen LogP contribution in [-0.2, 0) is 16.1 Å². The molecular formula is C14H19BrN2O3. The van der Waals surface area contributed by atoms with E-state index in [1.54, 1.807) is 7.11 Å². The molecule has 0 radical (unpaired) electrons. The van der Waals surface area contributed by atoms with E-state index in [2.05, 4.69) is 26.6 Å². The van der Waals surface area contributed by atoms with Crippen LogP contribution < -0.4 is 15.4 Å². The van der Waals surface area contributed by atoms with E-state index in [0.29, 0.717) is 19.7 Å². The van der Waals surface area contributed by atoms with Crippen molar-refractivity contribution in [2.45, 2.75) is 25.6 Å². The molecule has 1 fully saturated rings. The first-order chi connectivity index (χ1) is 9.61. The summed E-state index contributed by atoms with van der Waals surface area (Å²) in [6.07, 6.45) is -0.105. The maximum Gasteiger partial charge on any atom is 0.240 e. The molecule has 1 amide bonds. The Bertz CT molecular complexity index is 481. The highest BCUT2D eigenvalue weighted by Crippen LogP contribution is 2.25. The summed E-state index contributed by atoms with van der Waals surface area (Å²) in [5, 5.41) is 6.09. The highest BCUT2D eigenvalue weighted by Gasteiger charge is 2.27. The molecule has 1 heterocycles. The third-order valence-corrected chi connectivity index (χ3v) is 3.90. The van der Waals surface area contributed by atoms with Gasteiger partial charge >= 0.3 is 0 Å². The van der Waals surface area contributed by atoms with Crippen LogP contribution in [0.15, 0.2) is 22.7 Å². The van der Waals surface area contributed by atoms with Gasteiger partial charge in [-0.2, -0.15) is 0 Å². The normalized spacial score (nSPS) is 22.4. The Morgan fingerprint density at radius 2 is 2.40 bits per heavy atom. The molecule has 0 unspecified atom stereocenters. The molecule has 2 atom stereocenters. The summed E-state index contributed by atoms with van der Waals surface area (Å²) in [6.45, 7) is 3.74. The Balaban J connectivity index is 1.91. The number of morpholine rings is 1. The number of ether oxygens (including phenoxy) is 2. The van der Waals surface area contributed by atoms with Crippen molar-refractivity contribution in [3.8, 4) is 5.75 Å². The van der Waals surface area contributed by atoms with E-state index < -0.39 is 0 Å². The molecule has 6 heteroatoms. The molecule has 0 aromatic heterocycles. The molecule has 1 aliphatic heterocycles. The molecule has 0 spiro atoms. The number of nitrogens with one attached hydrogen (secondary N) is 2. The molecule has 0 saturated carbocycles. The van der Waals surface area contributed by atoms with Gasteiger partial charge in [-0.3, -0.25) is 4.79 Å². The first-order valence-corrected chi connectivity index (χ1v) is 7.36. The van der Waals surface area contributed by atoms with Crippen LogP contribution in [0.1, 0.15) is 12.5 Å². The summed E-state index contributed by atoms with van der Waals surface area (Å²) in [6, 6.07) is 5.45. The van der Waals surface area contributed by atoms with Crippen molar-refractivity contribution in [3.05, 3.63) is 28.2 Å². The highest BCUT2D eigenvalue weighted by molar-refractivity contribution is 9.10. The van der Waals surface area contributed by atoms with E-state index in [1.165, 1.54) is 0 Å². The fourth-order valence-electron chi connectivity index (χ4n) is 2.15. The fraction of sp³-hybridized carbons (Fsp3) is 0.500. The van der Waals surface area contributed by atoms with Gasteiger partial charge in [0.1, 0.15) is 11.8 Å². The Hall–Kier alpha value is -1.11. The van der Waals surface area contributed by atoms with Gasteiger partial charge in [-0.1, -0.05) is 6.07 Å². The zero-order valence-electron chi connectivity index (χ0n) is 11.6. The number of carbonyl (C=O) groups is 1. The van der Waals surface area contributed by atoms with Gasteiger partial charge in [-0.25, -0.2) is 0 Å². The third kappa shape index (κ3) is 3.71. The minimum absolute atomic E-state index is 0.0378. The number of methoxy groups -OCH3 is 1. The fourth-order valence-corrected chi connectivity index (χ4v) is 2.73. The number of hydrogen-bond donors (Lipinski definition) is 2. The van der Waals surface area contributed by atoms with Gasteiger partial charge in [-0.05, 0) is 40.5 Å². The molecule has 1 aliphatic rings. The number of amides is 1. The lowest BCUT2D eigenvalue weighted by atomic mass is 10.1. The van der Waals surface area contributed by atoms with Gasteiger partial charge in [0, 0.05) is 13.1 Å². The van der Waals surface area contributed by atoms with E-state index in [1.807, 2.05) is 25.1 Å². The predicted molar refractivity (Wildman–Crippen MR) is 79.7 cm³/mol. The minimum Gasteiger partial charge on any atom is -0.496 e. The summed E-state index contributed by atoms with van der Waals surface area (Å²) >= 11 is 3.43. The Labute approximate surface area is 127 Å². The second-order valence-corrected chi connectivity index (χ2v) is 5.55. The van der Waals surface area contributed by atoms with E-state index in [-0.39, 0.29) is 18.1 Å². The molecule has 2 N–H and O–H groups in total. The molecule has 0 aliphatic carbocycles.